The molecule has 0 unspecified atom stereocenters. The Balaban J connectivity index is 2.28. The predicted octanol–water partition coefficient (Wildman–Crippen LogP) is 4.09. The molecule has 3 aromatic rings. The van der Waals surface area contributed by atoms with Gasteiger partial charge in [-0.25, -0.2) is 26.7 Å². The number of halogens is 6. The first-order valence-electron chi connectivity index (χ1n) is 7.24. The lowest BCUT2D eigenvalue weighted by Gasteiger charge is -2.09. The second-order valence-corrected chi connectivity index (χ2v) is 7.08. The van der Waals surface area contributed by atoms with E-state index in [-0.39, 0.29) is 5.56 Å². The first-order valence-corrected chi connectivity index (χ1v) is 8.79. The molecule has 0 saturated carbocycles. The zero-order valence-corrected chi connectivity index (χ0v) is 14.2. The van der Waals surface area contributed by atoms with Crippen LogP contribution in [0.15, 0.2) is 45.8 Å². The highest BCUT2D eigenvalue weighted by atomic mass is 32.2. The molecule has 1 heterocycles. The highest BCUT2D eigenvalue weighted by Gasteiger charge is 2.40. The van der Waals surface area contributed by atoms with Gasteiger partial charge < -0.3 is 4.52 Å². The Morgan fingerprint density at radius 2 is 1.50 bits per heavy atom. The molecule has 0 aliphatic heterocycles. The van der Waals surface area contributed by atoms with Gasteiger partial charge in [-0.05, 0) is 35.9 Å². The molecule has 0 aliphatic carbocycles. The fourth-order valence-corrected chi connectivity index (χ4v) is 3.06. The van der Waals surface area contributed by atoms with Crippen molar-refractivity contribution in [2.75, 3.05) is 0 Å². The Kier molecular flexibility index (Phi) is 4.71. The van der Waals surface area contributed by atoms with Gasteiger partial charge in [-0.15, -0.1) is 0 Å². The van der Waals surface area contributed by atoms with Gasteiger partial charge in [0, 0.05) is 5.56 Å². The van der Waals surface area contributed by atoms with Crippen LogP contribution in [0.2, 0.25) is 0 Å². The van der Waals surface area contributed by atoms with E-state index in [1.165, 1.54) is 0 Å². The topological polar surface area (TPSA) is 86.2 Å². The SMILES string of the molecule is NS(=O)(=O)c1ccc(-c2c(C(F)(F)F)noc2-c2ccc(F)c(F)c2)cc1F. The Morgan fingerprint density at radius 1 is 0.893 bits per heavy atom. The molecule has 0 saturated heterocycles. The van der Waals surface area contributed by atoms with Gasteiger partial charge in [0.05, 0.1) is 5.56 Å². The Labute approximate surface area is 153 Å². The van der Waals surface area contributed by atoms with Crippen molar-refractivity contribution < 1.29 is 39.3 Å². The number of aromatic nitrogens is 1. The third-order valence-electron chi connectivity index (χ3n) is 3.67. The third-order valence-corrected chi connectivity index (χ3v) is 4.61. The molecule has 1 aromatic heterocycles. The summed E-state index contributed by atoms with van der Waals surface area (Å²) in [5, 5.41) is 7.73. The lowest BCUT2D eigenvalue weighted by atomic mass is 9.99. The Hall–Kier alpha value is -2.86. The quantitative estimate of drug-likeness (QED) is 0.645. The Morgan fingerprint density at radius 3 is 2.04 bits per heavy atom. The molecule has 2 aromatic carbocycles. The van der Waals surface area contributed by atoms with Gasteiger partial charge in [0.15, 0.2) is 23.1 Å². The van der Waals surface area contributed by atoms with E-state index < -0.39 is 61.1 Å². The number of primary sulfonamides is 1. The average Bonchev–Trinajstić information content (AvgIpc) is 3.01. The van der Waals surface area contributed by atoms with Crippen LogP contribution < -0.4 is 5.14 Å². The molecule has 148 valence electrons. The number of rotatable bonds is 3. The highest BCUT2D eigenvalue weighted by molar-refractivity contribution is 7.89. The minimum absolute atomic E-state index is 0.298. The number of nitrogens with zero attached hydrogens (tertiary/aromatic N) is 1. The van der Waals surface area contributed by atoms with E-state index in [4.69, 9.17) is 5.14 Å². The van der Waals surface area contributed by atoms with E-state index in [0.717, 1.165) is 12.1 Å². The molecular formula is C16H8F6N2O3S. The molecule has 0 atom stereocenters. The lowest BCUT2D eigenvalue weighted by Crippen LogP contribution is -2.14. The molecule has 0 aliphatic rings. The van der Waals surface area contributed by atoms with E-state index in [1.807, 2.05) is 0 Å². The largest absolute Gasteiger partial charge is 0.437 e. The molecule has 2 N–H and O–H groups in total. The van der Waals surface area contributed by atoms with Gasteiger partial charge >= 0.3 is 6.18 Å². The minimum Gasteiger partial charge on any atom is -0.355 e. The van der Waals surface area contributed by atoms with Crippen LogP contribution in [-0.2, 0) is 16.2 Å². The van der Waals surface area contributed by atoms with Crippen molar-refractivity contribution in [1.29, 1.82) is 0 Å². The normalized spacial score (nSPS) is 12.4. The number of sulfonamides is 1. The van der Waals surface area contributed by atoms with Crippen LogP contribution in [0.4, 0.5) is 26.3 Å². The van der Waals surface area contributed by atoms with Crippen LogP contribution in [0, 0.1) is 17.5 Å². The Bertz CT molecular complexity index is 1170. The van der Waals surface area contributed by atoms with Crippen molar-refractivity contribution in [3.05, 3.63) is 59.5 Å². The van der Waals surface area contributed by atoms with Gasteiger partial charge in [-0.3, -0.25) is 0 Å². The fraction of sp³-hybridized carbons (Fsp3) is 0.0625. The molecule has 5 nitrogen and oxygen atoms in total. The lowest BCUT2D eigenvalue weighted by molar-refractivity contribution is -0.142. The summed E-state index contributed by atoms with van der Waals surface area (Å²) < 4.78 is 108. The van der Waals surface area contributed by atoms with Crippen molar-refractivity contribution in [1.82, 2.24) is 5.16 Å². The predicted molar refractivity (Wildman–Crippen MR) is 83.6 cm³/mol. The van der Waals surface area contributed by atoms with Crippen LogP contribution in [-0.4, -0.2) is 13.6 Å². The zero-order valence-electron chi connectivity index (χ0n) is 13.4. The van der Waals surface area contributed by atoms with Crippen LogP contribution in [0.3, 0.4) is 0 Å². The molecule has 0 bridgehead atoms. The van der Waals surface area contributed by atoms with E-state index >= 15 is 0 Å². The fourth-order valence-electron chi connectivity index (χ4n) is 2.47. The van der Waals surface area contributed by atoms with Crippen molar-refractivity contribution >= 4 is 10.0 Å². The molecular weight excluding hydrogens is 414 g/mol. The van der Waals surface area contributed by atoms with Crippen LogP contribution in [0.1, 0.15) is 5.69 Å². The summed E-state index contributed by atoms with van der Waals surface area (Å²) >= 11 is 0. The summed E-state index contributed by atoms with van der Waals surface area (Å²) in [6.45, 7) is 0. The summed E-state index contributed by atoms with van der Waals surface area (Å²) in [6.07, 6.45) is -5.04. The van der Waals surface area contributed by atoms with Crippen molar-refractivity contribution in [2.24, 2.45) is 5.14 Å². The summed E-state index contributed by atoms with van der Waals surface area (Å²) in [6, 6.07) is 4.20. The first-order chi connectivity index (χ1) is 12.9. The summed E-state index contributed by atoms with van der Waals surface area (Å²) in [7, 11) is -4.46. The zero-order chi connectivity index (χ0) is 20.9. The van der Waals surface area contributed by atoms with Crippen LogP contribution >= 0.6 is 0 Å². The van der Waals surface area contributed by atoms with Gasteiger partial charge in [0.1, 0.15) is 10.7 Å². The number of hydrogen-bond acceptors (Lipinski definition) is 4. The molecule has 0 fully saturated rings. The highest BCUT2D eigenvalue weighted by Crippen LogP contribution is 2.43. The van der Waals surface area contributed by atoms with Gasteiger partial charge in [-0.2, -0.15) is 13.2 Å². The summed E-state index contributed by atoms with van der Waals surface area (Å²) in [5.41, 5.74) is -3.10. The van der Waals surface area contributed by atoms with Crippen LogP contribution in [0.25, 0.3) is 22.5 Å². The van der Waals surface area contributed by atoms with Gasteiger partial charge in [0.2, 0.25) is 10.0 Å². The monoisotopic (exact) mass is 422 g/mol. The second kappa shape index (κ2) is 6.63. The van der Waals surface area contributed by atoms with Crippen molar-refractivity contribution in [3.63, 3.8) is 0 Å². The number of benzene rings is 2. The number of nitrogens with two attached hydrogens (primary N) is 1. The average molecular weight is 422 g/mol. The maximum Gasteiger partial charge on any atom is 0.437 e. The van der Waals surface area contributed by atoms with Crippen LogP contribution in [0.5, 0.6) is 0 Å². The van der Waals surface area contributed by atoms with Crippen molar-refractivity contribution in [3.8, 4) is 22.5 Å². The number of alkyl halides is 3. The second-order valence-electron chi connectivity index (χ2n) is 5.55. The maximum atomic E-state index is 14.1. The van der Waals surface area contributed by atoms with E-state index in [9.17, 15) is 34.8 Å². The molecule has 0 spiro atoms. The standard InChI is InChI=1S/C16H8F6N2O3S/c17-9-3-1-8(6-10(9)18)14-13(15(24-27-14)16(20,21)22)7-2-4-12(11(19)5-7)28(23,25)26/h1-6H,(H2,23,25,26). The van der Waals surface area contributed by atoms with Gasteiger partial charge in [0.25, 0.3) is 0 Å². The van der Waals surface area contributed by atoms with E-state index in [0.29, 0.717) is 24.3 Å². The van der Waals surface area contributed by atoms with Crippen molar-refractivity contribution in [2.45, 2.75) is 11.1 Å². The summed E-state index contributed by atoms with van der Waals surface area (Å²) in [5.74, 6) is -4.63. The molecule has 0 radical (unpaired) electrons. The van der Waals surface area contributed by atoms with E-state index in [2.05, 4.69) is 9.68 Å². The van der Waals surface area contributed by atoms with Gasteiger partial charge in [-0.1, -0.05) is 11.2 Å². The smallest absolute Gasteiger partial charge is 0.355 e. The summed E-state index contributed by atoms with van der Waals surface area (Å²) in [4.78, 5) is -0.935. The molecule has 3 rings (SSSR count). The molecule has 0 amide bonds. The molecule has 28 heavy (non-hydrogen) atoms. The molecule has 12 heteroatoms. The maximum absolute atomic E-state index is 14.1. The first kappa shape index (κ1) is 19.9. The minimum atomic E-state index is -5.04. The third kappa shape index (κ3) is 3.60. The number of hydrogen-bond donors (Lipinski definition) is 1. The van der Waals surface area contributed by atoms with E-state index in [1.54, 1.807) is 0 Å².